The van der Waals surface area contributed by atoms with Crippen LogP contribution in [0.3, 0.4) is 0 Å². The summed E-state index contributed by atoms with van der Waals surface area (Å²) < 4.78 is 16.7. The maximum atomic E-state index is 12.7. The van der Waals surface area contributed by atoms with Crippen LogP contribution in [0.4, 0.5) is 0 Å². The fourth-order valence-electron chi connectivity index (χ4n) is 6.63. The van der Waals surface area contributed by atoms with Crippen LogP contribution in [-0.2, 0) is 28.6 Å². The molecule has 0 unspecified atom stereocenters. The molecular formula is C45H86O6. The van der Waals surface area contributed by atoms with Crippen LogP contribution in [0.2, 0.25) is 0 Å². The molecule has 0 aromatic carbocycles. The highest BCUT2D eigenvalue weighted by Crippen LogP contribution is 2.16. The minimum Gasteiger partial charge on any atom is -0.462 e. The quantitative estimate of drug-likeness (QED) is 0.0356. The maximum absolute atomic E-state index is 12.7. The predicted molar refractivity (Wildman–Crippen MR) is 215 cm³/mol. The SMILES string of the molecule is CCCCCCCCCCCCCCC(=O)OC[C@@H](COC(=O)CCCCCCCCCCC(C)C)OC(=O)CCCCCCCCCCCC. The average Bonchev–Trinajstić information content (AvgIpc) is 3.11. The van der Waals surface area contributed by atoms with Gasteiger partial charge in [0, 0.05) is 19.3 Å². The largest absolute Gasteiger partial charge is 0.462 e. The van der Waals surface area contributed by atoms with E-state index in [0.717, 1.165) is 63.7 Å². The Balaban J connectivity index is 4.33. The first kappa shape index (κ1) is 49.4. The van der Waals surface area contributed by atoms with Crippen molar-refractivity contribution >= 4 is 17.9 Å². The van der Waals surface area contributed by atoms with Gasteiger partial charge in [-0.05, 0) is 25.2 Å². The first-order chi connectivity index (χ1) is 24.9. The average molecular weight is 723 g/mol. The van der Waals surface area contributed by atoms with Gasteiger partial charge in [0.25, 0.3) is 0 Å². The first-order valence-corrected chi connectivity index (χ1v) is 22.4. The monoisotopic (exact) mass is 723 g/mol. The molecule has 1 atom stereocenters. The Morgan fingerprint density at radius 1 is 0.373 bits per heavy atom. The molecule has 0 aromatic rings. The van der Waals surface area contributed by atoms with E-state index in [-0.39, 0.29) is 31.1 Å². The molecule has 6 heteroatoms. The number of esters is 3. The van der Waals surface area contributed by atoms with Gasteiger partial charge in [0.15, 0.2) is 6.10 Å². The molecule has 0 amide bonds. The van der Waals surface area contributed by atoms with E-state index in [2.05, 4.69) is 27.7 Å². The number of carbonyl (C=O) groups is 3. The Kier molecular flexibility index (Phi) is 38.4. The molecule has 0 rings (SSSR count). The normalized spacial score (nSPS) is 11.9. The molecular weight excluding hydrogens is 636 g/mol. The zero-order valence-electron chi connectivity index (χ0n) is 34.6. The summed E-state index contributed by atoms with van der Waals surface area (Å²) in [4.78, 5) is 37.6. The molecule has 0 saturated carbocycles. The fourth-order valence-corrected chi connectivity index (χ4v) is 6.63. The van der Waals surface area contributed by atoms with E-state index < -0.39 is 6.10 Å². The van der Waals surface area contributed by atoms with Crippen LogP contribution in [0, 0.1) is 5.92 Å². The van der Waals surface area contributed by atoms with Crippen molar-refractivity contribution in [2.75, 3.05) is 13.2 Å². The summed E-state index contributed by atoms with van der Waals surface area (Å²) in [5.74, 6) is -0.0615. The van der Waals surface area contributed by atoms with Gasteiger partial charge in [0.1, 0.15) is 13.2 Å². The lowest BCUT2D eigenvalue weighted by atomic mass is 10.0. The lowest BCUT2D eigenvalue weighted by molar-refractivity contribution is -0.167. The van der Waals surface area contributed by atoms with Crippen molar-refractivity contribution in [1.29, 1.82) is 0 Å². The number of rotatable bonds is 40. The third-order valence-corrected chi connectivity index (χ3v) is 10.0. The van der Waals surface area contributed by atoms with Gasteiger partial charge in [-0.3, -0.25) is 14.4 Å². The molecule has 6 nitrogen and oxygen atoms in total. The van der Waals surface area contributed by atoms with Crippen molar-refractivity contribution in [2.24, 2.45) is 5.92 Å². The summed E-state index contributed by atoms with van der Waals surface area (Å²) in [6, 6.07) is 0. The minimum atomic E-state index is -0.758. The van der Waals surface area contributed by atoms with Gasteiger partial charge >= 0.3 is 17.9 Å². The van der Waals surface area contributed by atoms with Crippen LogP contribution in [0.5, 0.6) is 0 Å². The number of unbranched alkanes of at least 4 members (excludes halogenated alkanes) is 27. The van der Waals surface area contributed by atoms with Crippen molar-refractivity contribution in [3.8, 4) is 0 Å². The zero-order valence-corrected chi connectivity index (χ0v) is 34.6. The fraction of sp³-hybridized carbons (Fsp3) is 0.933. The molecule has 0 aliphatic rings. The molecule has 0 N–H and O–H groups in total. The standard InChI is InChI=1S/C45H86O6/c1-5-7-9-11-13-15-17-18-20-24-28-32-36-43(46)49-39-42(51-45(48)38-34-30-26-19-16-14-12-10-8-6-2)40-50-44(47)37-33-29-25-22-21-23-27-31-35-41(3)4/h41-42H,5-40H2,1-4H3/t42-/m0/s1. The van der Waals surface area contributed by atoms with Gasteiger partial charge in [-0.15, -0.1) is 0 Å². The Labute approximate surface area is 317 Å². The van der Waals surface area contributed by atoms with Crippen LogP contribution in [0.25, 0.3) is 0 Å². The van der Waals surface area contributed by atoms with Crippen LogP contribution < -0.4 is 0 Å². The first-order valence-electron chi connectivity index (χ1n) is 22.4. The summed E-state index contributed by atoms with van der Waals surface area (Å²) in [6.07, 6.45) is 38.0. The van der Waals surface area contributed by atoms with Gasteiger partial charge in [0.2, 0.25) is 0 Å². The van der Waals surface area contributed by atoms with E-state index in [0.29, 0.717) is 19.3 Å². The van der Waals surface area contributed by atoms with Gasteiger partial charge in [-0.2, -0.15) is 0 Å². The summed E-state index contributed by atoms with van der Waals surface area (Å²) in [6.45, 7) is 8.94. The van der Waals surface area contributed by atoms with Crippen molar-refractivity contribution in [1.82, 2.24) is 0 Å². The Morgan fingerprint density at radius 3 is 0.961 bits per heavy atom. The molecule has 302 valence electrons. The van der Waals surface area contributed by atoms with Crippen molar-refractivity contribution in [2.45, 2.75) is 252 Å². The highest BCUT2D eigenvalue weighted by atomic mass is 16.6. The summed E-state index contributed by atoms with van der Waals surface area (Å²) in [5.41, 5.74) is 0. The molecule has 0 saturated heterocycles. The lowest BCUT2D eigenvalue weighted by Crippen LogP contribution is -2.30. The summed E-state index contributed by atoms with van der Waals surface area (Å²) in [7, 11) is 0. The second-order valence-electron chi connectivity index (χ2n) is 15.8. The molecule has 0 radical (unpaired) electrons. The third-order valence-electron chi connectivity index (χ3n) is 10.0. The second kappa shape index (κ2) is 39.6. The molecule has 0 heterocycles. The Hall–Kier alpha value is -1.59. The smallest absolute Gasteiger partial charge is 0.306 e. The Morgan fingerprint density at radius 2 is 0.647 bits per heavy atom. The second-order valence-corrected chi connectivity index (χ2v) is 15.8. The van der Waals surface area contributed by atoms with E-state index >= 15 is 0 Å². The number of hydrogen-bond acceptors (Lipinski definition) is 6. The molecule has 0 aromatic heterocycles. The molecule has 0 aliphatic heterocycles. The van der Waals surface area contributed by atoms with E-state index in [1.54, 1.807) is 0 Å². The molecule has 0 bridgehead atoms. The van der Waals surface area contributed by atoms with Crippen LogP contribution in [0.15, 0.2) is 0 Å². The van der Waals surface area contributed by atoms with Crippen LogP contribution in [0.1, 0.15) is 246 Å². The minimum absolute atomic E-state index is 0.0642. The van der Waals surface area contributed by atoms with Crippen LogP contribution >= 0.6 is 0 Å². The number of carbonyl (C=O) groups excluding carboxylic acids is 3. The highest BCUT2D eigenvalue weighted by molar-refractivity contribution is 5.71. The molecule has 0 spiro atoms. The predicted octanol–water partition coefficient (Wildman–Crippen LogP) is 13.9. The van der Waals surface area contributed by atoms with Gasteiger partial charge < -0.3 is 14.2 Å². The maximum Gasteiger partial charge on any atom is 0.306 e. The highest BCUT2D eigenvalue weighted by Gasteiger charge is 2.19. The molecule has 0 aliphatic carbocycles. The van der Waals surface area contributed by atoms with E-state index in [1.165, 1.54) is 141 Å². The van der Waals surface area contributed by atoms with E-state index in [4.69, 9.17) is 14.2 Å². The van der Waals surface area contributed by atoms with E-state index in [1.807, 2.05) is 0 Å². The van der Waals surface area contributed by atoms with Crippen molar-refractivity contribution in [3.05, 3.63) is 0 Å². The zero-order chi connectivity index (χ0) is 37.5. The van der Waals surface area contributed by atoms with Gasteiger partial charge in [-0.1, -0.05) is 207 Å². The van der Waals surface area contributed by atoms with E-state index in [9.17, 15) is 14.4 Å². The Bertz CT molecular complexity index is 766. The lowest BCUT2D eigenvalue weighted by Gasteiger charge is -2.18. The summed E-state index contributed by atoms with van der Waals surface area (Å²) in [5, 5.41) is 0. The van der Waals surface area contributed by atoms with Gasteiger partial charge in [-0.25, -0.2) is 0 Å². The van der Waals surface area contributed by atoms with Crippen LogP contribution in [-0.4, -0.2) is 37.2 Å². The number of hydrogen-bond donors (Lipinski definition) is 0. The van der Waals surface area contributed by atoms with Crippen molar-refractivity contribution in [3.63, 3.8) is 0 Å². The van der Waals surface area contributed by atoms with Crippen molar-refractivity contribution < 1.29 is 28.6 Å². The van der Waals surface area contributed by atoms with Gasteiger partial charge in [0.05, 0.1) is 0 Å². The molecule has 0 fully saturated rings. The topological polar surface area (TPSA) is 78.9 Å². The third kappa shape index (κ3) is 39.5. The number of ether oxygens (including phenoxy) is 3. The molecule has 51 heavy (non-hydrogen) atoms. The summed E-state index contributed by atoms with van der Waals surface area (Å²) >= 11 is 0.